The summed E-state index contributed by atoms with van der Waals surface area (Å²) in [4.78, 5) is 0. The number of rotatable bonds is 7. The topological polar surface area (TPSA) is 21.3 Å². The number of ether oxygens (including phenoxy) is 1. The van der Waals surface area contributed by atoms with E-state index < -0.39 is 0 Å². The van der Waals surface area contributed by atoms with Crippen LogP contribution in [0.3, 0.4) is 0 Å². The Hall–Kier alpha value is -1.51. The first kappa shape index (κ1) is 15.9. The third-order valence-electron chi connectivity index (χ3n) is 3.27. The lowest BCUT2D eigenvalue weighted by atomic mass is 10.0. The van der Waals surface area contributed by atoms with Gasteiger partial charge in [-0.25, -0.2) is 0 Å². The Morgan fingerprint density at radius 1 is 1.05 bits per heavy atom. The van der Waals surface area contributed by atoms with Crippen molar-refractivity contribution in [3.05, 3.63) is 53.1 Å². The zero-order chi connectivity index (χ0) is 15.1. The summed E-state index contributed by atoms with van der Waals surface area (Å²) >= 11 is 6.39. The lowest BCUT2D eigenvalue weighted by Crippen LogP contribution is -2.13. The van der Waals surface area contributed by atoms with Crippen LogP contribution in [0.25, 0.3) is 11.1 Å². The number of hydrogen-bond acceptors (Lipinski definition) is 2. The molecule has 1 N–H and O–H groups in total. The Balaban J connectivity index is 2.17. The van der Waals surface area contributed by atoms with Crippen LogP contribution in [-0.4, -0.2) is 13.2 Å². The monoisotopic (exact) mass is 303 g/mol. The third kappa shape index (κ3) is 4.48. The molecular formula is C18H22ClNO. The van der Waals surface area contributed by atoms with Crippen molar-refractivity contribution in [2.75, 3.05) is 13.2 Å². The van der Waals surface area contributed by atoms with Gasteiger partial charge in [0.15, 0.2) is 0 Å². The van der Waals surface area contributed by atoms with Crippen LogP contribution in [0.4, 0.5) is 0 Å². The van der Waals surface area contributed by atoms with Crippen molar-refractivity contribution < 1.29 is 4.74 Å². The van der Waals surface area contributed by atoms with Crippen molar-refractivity contribution in [3.63, 3.8) is 0 Å². The van der Waals surface area contributed by atoms with Gasteiger partial charge in [-0.3, -0.25) is 0 Å². The van der Waals surface area contributed by atoms with Crippen molar-refractivity contribution in [1.29, 1.82) is 0 Å². The van der Waals surface area contributed by atoms with Gasteiger partial charge in [-0.05, 0) is 54.8 Å². The maximum absolute atomic E-state index is 6.39. The Kier molecular flexibility index (Phi) is 6.09. The zero-order valence-electron chi connectivity index (χ0n) is 12.7. The second kappa shape index (κ2) is 8.06. The molecule has 0 radical (unpaired) electrons. The first-order valence-electron chi connectivity index (χ1n) is 7.47. The molecule has 0 saturated heterocycles. The molecule has 2 aromatic rings. The molecule has 0 heterocycles. The zero-order valence-corrected chi connectivity index (χ0v) is 13.4. The van der Waals surface area contributed by atoms with Crippen molar-refractivity contribution >= 4 is 11.6 Å². The van der Waals surface area contributed by atoms with Crippen LogP contribution in [0.1, 0.15) is 25.8 Å². The molecule has 0 spiro atoms. The normalized spacial score (nSPS) is 10.6. The molecule has 2 nitrogen and oxygen atoms in total. The minimum Gasteiger partial charge on any atom is -0.494 e. The molecule has 0 amide bonds. The summed E-state index contributed by atoms with van der Waals surface area (Å²) < 4.78 is 5.54. The molecule has 0 aliphatic heterocycles. The van der Waals surface area contributed by atoms with Crippen molar-refractivity contribution in [2.45, 2.75) is 26.8 Å². The number of nitrogens with one attached hydrogen (secondary N) is 1. The van der Waals surface area contributed by atoms with E-state index in [2.05, 4.69) is 30.4 Å². The summed E-state index contributed by atoms with van der Waals surface area (Å²) in [5.41, 5.74) is 3.37. The van der Waals surface area contributed by atoms with Crippen LogP contribution in [0.5, 0.6) is 5.75 Å². The first-order valence-corrected chi connectivity index (χ1v) is 7.84. The molecule has 0 bridgehead atoms. The van der Waals surface area contributed by atoms with Gasteiger partial charge in [0, 0.05) is 11.6 Å². The standard InChI is InChI=1S/C18H22ClNO/c1-3-10-20-13-16-9-8-15(12-18(16)19)14-6-5-7-17(11-14)21-4-2/h5-9,11-12,20H,3-4,10,13H2,1-2H3. The first-order chi connectivity index (χ1) is 10.2. The van der Waals surface area contributed by atoms with E-state index in [-0.39, 0.29) is 0 Å². The molecule has 3 heteroatoms. The van der Waals surface area contributed by atoms with Gasteiger partial charge >= 0.3 is 0 Å². The van der Waals surface area contributed by atoms with E-state index in [1.807, 2.05) is 31.2 Å². The van der Waals surface area contributed by atoms with Crippen molar-refractivity contribution in [2.24, 2.45) is 0 Å². The van der Waals surface area contributed by atoms with E-state index in [1.165, 1.54) is 0 Å². The molecule has 0 unspecified atom stereocenters. The van der Waals surface area contributed by atoms with Crippen LogP contribution in [-0.2, 0) is 6.54 Å². The van der Waals surface area contributed by atoms with Crippen LogP contribution in [0.2, 0.25) is 5.02 Å². The largest absolute Gasteiger partial charge is 0.494 e. The lowest BCUT2D eigenvalue weighted by molar-refractivity contribution is 0.340. The Labute approximate surface area is 132 Å². The highest BCUT2D eigenvalue weighted by Crippen LogP contribution is 2.28. The predicted octanol–water partition coefficient (Wildman–Crippen LogP) is 4.91. The molecule has 2 rings (SSSR count). The average molecular weight is 304 g/mol. The van der Waals surface area contributed by atoms with Gasteiger partial charge in [-0.15, -0.1) is 0 Å². The van der Waals surface area contributed by atoms with E-state index >= 15 is 0 Å². The van der Waals surface area contributed by atoms with Crippen LogP contribution in [0, 0.1) is 0 Å². The summed E-state index contributed by atoms with van der Waals surface area (Å²) in [5, 5.41) is 4.18. The third-order valence-corrected chi connectivity index (χ3v) is 3.63. The Bertz CT molecular complexity index is 583. The van der Waals surface area contributed by atoms with Gasteiger partial charge < -0.3 is 10.1 Å². The number of halogens is 1. The Morgan fingerprint density at radius 2 is 1.86 bits per heavy atom. The van der Waals surface area contributed by atoms with E-state index in [0.29, 0.717) is 6.61 Å². The van der Waals surface area contributed by atoms with Gasteiger partial charge in [0.2, 0.25) is 0 Å². The predicted molar refractivity (Wildman–Crippen MR) is 90.1 cm³/mol. The molecular weight excluding hydrogens is 282 g/mol. The lowest BCUT2D eigenvalue weighted by Gasteiger charge is -2.10. The number of benzene rings is 2. The fourth-order valence-corrected chi connectivity index (χ4v) is 2.45. The van der Waals surface area contributed by atoms with E-state index in [0.717, 1.165) is 47.0 Å². The molecule has 0 atom stereocenters. The molecule has 0 fully saturated rings. The summed E-state index contributed by atoms with van der Waals surface area (Å²) in [6.07, 6.45) is 1.12. The SMILES string of the molecule is CCCNCc1ccc(-c2cccc(OCC)c2)cc1Cl. The van der Waals surface area contributed by atoms with Gasteiger partial charge in [0.1, 0.15) is 5.75 Å². The molecule has 0 aliphatic rings. The fraction of sp³-hybridized carbons (Fsp3) is 0.333. The highest BCUT2D eigenvalue weighted by atomic mass is 35.5. The average Bonchev–Trinajstić information content (AvgIpc) is 2.50. The van der Waals surface area contributed by atoms with Crippen LogP contribution < -0.4 is 10.1 Å². The van der Waals surface area contributed by atoms with Crippen LogP contribution in [0.15, 0.2) is 42.5 Å². The highest BCUT2D eigenvalue weighted by Gasteiger charge is 2.05. The summed E-state index contributed by atoms with van der Waals surface area (Å²) in [6.45, 7) is 6.64. The minimum atomic E-state index is 0.673. The maximum Gasteiger partial charge on any atom is 0.119 e. The summed E-state index contributed by atoms with van der Waals surface area (Å²) in [6, 6.07) is 14.3. The van der Waals surface area contributed by atoms with Gasteiger partial charge in [-0.2, -0.15) is 0 Å². The van der Waals surface area contributed by atoms with E-state index in [4.69, 9.17) is 16.3 Å². The number of hydrogen-bond donors (Lipinski definition) is 1. The van der Waals surface area contributed by atoms with Crippen molar-refractivity contribution in [3.8, 4) is 16.9 Å². The smallest absolute Gasteiger partial charge is 0.119 e. The Morgan fingerprint density at radius 3 is 2.57 bits per heavy atom. The fourth-order valence-electron chi connectivity index (χ4n) is 2.20. The maximum atomic E-state index is 6.39. The second-order valence-electron chi connectivity index (χ2n) is 4.94. The summed E-state index contributed by atoms with van der Waals surface area (Å²) in [7, 11) is 0. The van der Waals surface area contributed by atoms with Crippen molar-refractivity contribution in [1.82, 2.24) is 5.32 Å². The second-order valence-corrected chi connectivity index (χ2v) is 5.35. The van der Waals surface area contributed by atoms with E-state index in [9.17, 15) is 0 Å². The van der Waals surface area contributed by atoms with Gasteiger partial charge in [-0.1, -0.05) is 42.8 Å². The minimum absolute atomic E-state index is 0.673. The molecule has 112 valence electrons. The van der Waals surface area contributed by atoms with E-state index in [1.54, 1.807) is 0 Å². The molecule has 0 aliphatic carbocycles. The quantitative estimate of drug-likeness (QED) is 0.734. The van der Waals surface area contributed by atoms with Gasteiger partial charge in [0.05, 0.1) is 6.61 Å². The van der Waals surface area contributed by atoms with Gasteiger partial charge in [0.25, 0.3) is 0 Å². The molecule has 0 aromatic heterocycles. The highest BCUT2D eigenvalue weighted by molar-refractivity contribution is 6.31. The molecule has 0 saturated carbocycles. The van der Waals surface area contributed by atoms with Crippen LogP contribution >= 0.6 is 11.6 Å². The summed E-state index contributed by atoms with van der Waals surface area (Å²) in [5.74, 6) is 0.889. The molecule has 21 heavy (non-hydrogen) atoms. The molecule has 2 aromatic carbocycles.